The van der Waals surface area contributed by atoms with Gasteiger partial charge in [0, 0.05) is 0 Å². The molecule has 2 nitrogen and oxygen atoms in total. The molecular weight excluding hydrogens is 285 g/mol. The average molecular weight is 307 g/mol. The van der Waals surface area contributed by atoms with Crippen molar-refractivity contribution in [3.63, 3.8) is 0 Å². The van der Waals surface area contributed by atoms with Crippen LogP contribution < -0.4 is 0 Å². The number of phenols is 1. The van der Waals surface area contributed by atoms with Gasteiger partial charge < -0.3 is 10.2 Å². The summed E-state index contributed by atoms with van der Waals surface area (Å²) in [5, 5.41) is 19.8. The van der Waals surface area contributed by atoms with Crippen LogP contribution in [0.5, 0.6) is 5.75 Å². The van der Waals surface area contributed by atoms with Crippen molar-refractivity contribution in [1.29, 1.82) is 0 Å². The number of aliphatic hydroxyl groups excluding tert-OH is 1. The first kappa shape index (κ1) is 14.4. The number of benzene rings is 1. The van der Waals surface area contributed by atoms with Gasteiger partial charge in [0.1, 0.15) is 6.17 Å². The summed E-state index contributed by atoms with van der Waals surface area (Å²) in [6.07, 6.45) is 1.80. The van der Waals surface area contributed by atoms with E-state index in [1.165, 1.54) is 6.07 Å². The second-order valence-electron chi connectivity index (χ2n) is 7.66. The maximum absolute atomic E-state index is 14.1. The van der Waals surface area contributed by atoms with Crippen molar-refractivity contribution in [2.45, 2.75) is 57.2 Å². The maximum atomic E-state index is 14.1. The summed E-state index contributed by atoms with van der Waals surface area (Å²) >= 11 is 0. The van der Waals surface area contributed by atoms with Crippen molar-refractivity contribution in [3.05, 3.63) is 29.1 Å². The zero-order valence-corrected chi connectivity index (χ0v) is 12.7. The molecule has 2 fully saturated rings. The molecular formula is C18H22F2O2. The fraction of sp³-hybridized carbons (Fsp3) is 0.667. The minimum Gasteiger partial charge on any atom is -0.505 e. The van der Waals surface area contributed by atoms with Crippen LogP contribution in [0.2, 0.25) is 0 Å². The Bertz CT molecular complexity index is 617. The minimum atomic E-state index is -1.13. The van der Waals surface area contributed by atoms with E-state index in [0.717, 1.165) is 36.8 Å². The van der Waals surface area contributed by atoms with Gasteiger partial charge in [0.25, 0.3) is 0 Å². The molecule has 0 saturated heterocycles. The molecule has 1 aromatic rings. The van der Waals surface area contributed by atoms with Gasteiger partial charge in [-0.2, -0.15) is 0 Å². The molecule has 0 radical (unpaired) electrons. The number of rotatable bonds is 0. The summed E-state index contributed by atoms with van der Waals surface area (Å²) in [7, 11) is 0. The summed E-state index contributed by atoms with van der Waals surface area (Å²) in [6, 6.07) is 3.03. The van der Waals surface area contributed by atoms with Crippen molar-refractivity contribution >= 4 is 0 Å². The molecule has 0 unspecified atom stereocenters. The third-order valence-corrected chi connectivity index (χ3v) is 6.73. The lowest BCUT2D eigenvalue weighted by Gasteiger charge is -2.49. The third-order valence-electron chi connectivity index (χ3n) is 6.73. The van der Waals surface area contributed by atoms with Gasteiger partial charge in [-0.25, -0.2) is 8.78 Å². The molecule has 0 aromatic heterocycles. The van der Waals surface area contributed by atoms with Gasteiger partial charge in [0.15, 0.2) is 11.6 Å². The van der Waals surface area contributed by atoms with E-state index in [1.54, 1.807) is 6.07 Å². The van der Waals surface area contributed by atoms with Crippen LogP contribution in [0.1, 0.15) is 49.7 Å². The molecule has 0 spiro atoms. The second-order valence-corrected chi connectivity index (χ2v) is 7.66. The molecule has 3 aliphatic carbocycles. The lowest BCUT2D eigenvalue weighted by atomic mass is 9.55. The smallest absolute Gasteiger partial charge is 0.165 e. The van der Waals surface area contributed by atoms with Gasteiger partial charge in [-0.15, -0.1) is 0 Å². The standard InChI is InChI=1S/C18H22F2O2/c1-18-5-4-10-11(13(18)8-15(20)17(18)22)3-2-9-6-16(21)14(19)7-12(9)10/h6-7,10-11,13,15,17,21-22H,2-5,8H2,1H3/t10-,11+,13-,15+,17-,18-/m0/s1/i20-1. The molecule has 0 bridgehead atoms. The van der Waals surface area contributed by atoms with E-state index in [-0.39, 0.29) is 23.0 Å². The van der Waals surface area contributed by atoms with Crippen LogP contribution in [0.3, 0.4) is 0 Å². The average Bonchev–Trinajstić information content (AvgIpc) is 2.72. The van der Waals surface area contributed by atoms with Gasteiger partial charge in [-0.3, -0.25) is 0 Å². The van der Waals surface area contributed by atoms with E-state index >= 15 is 0 Å². The highest BCUT2D eigenvalue weighted by molar-refractivity contribution is 5.41. The highest BCUT2D eigenvalue weighted by Crippen LogP contribution is 2.61. The predicted molar refractivity (Wildman–Crippen MR) is 79.0 cm³/mol. The third kappa shape index (κ3) is 1.79. The Balaban J connectivity index is 1.73. The van der Waals surface area contributed by atoms with E-state index in [2.05, 4.69) is 0 Å². The normalized spacial score (nSPS) is 43.4. The summed E-state index contributed by atoms with van der Waals surface area (Å²) < 4.78 is 27.9. The first-order valence-corrected chi connectivity index (χ1v) is 8.25. The fourth-order valence-electron chi connectivity index (χ4n) is 5.52. The van der Waals surface area contributed by atoms with E-state index in [9.17, 15) is 19.0 Å². The quantitative estimate of drug-likeness (QED) is 0.767. The number of aromatic hydroxyl groups is 1. The van der Waals surface area contributed by atoms with Crippen molar-refractivity contribution in [2.75, 3.05) is 0 Å². The van der Waals surface area contributed by atoms with Gasteiger partial charge in [0.2, 0.25) is 0 Å². The Morgan fingerprint density at radius 1 is 1.27 bits per heavy atom. The van der Waals surface area contributed by atoms with Crippen LogP contribution in [0.15, 0.2) is 12.1 Å². The molecule has 0 heterocycles. The number of halogens is 2. The second kappa shape index (κ2) is 4.67. The van der Waals surface area contributed by atoms with Crippen molar-refractivity contribution < 1.29 is 19.0 Å². The topological polar surface area (TPSA) is 40.5 Å². The van der Waals surface area contributed by atoms with E-state index < -0.39 is 18.1 Å². The van der Waals surface area contributed by atoms with Crippen LogP contribution in [0.4, 0.5) is 8.78 Å². The number of fused-ring (bicyclic) bond motifs is 5. The predicted octanol–water partition coefficient (Wildman–Crippen LogP) is 3.70. The first-order chi connectivity index (χ1) is 10.4. The van der Waals surface area contributed by atoms with Crippen molar-refractivity contribution in [3.8, 4) is 5.75 Å². The number of phenolic OH excluding ortho intramolecular Hbond substituents is 1. The fourth-order valence-corrected chi connectivity index (χ4v) is 5.52. The van der Waals surface area contributed by atoms with Crippen LogP contribution in [0, 0.1) is 23.1 Å². The highest BCUT2D eigenvalue weighted by atomic mass is 19.1. The Hall–Kier alpha value is -1.16. The summed E-state index contributed by atoms with van der Waals surface area (Å²) in [4.78, 5) is 0. The van der Waals surface area contributed by atoms with E-state index in [1.807, 2.05) is 6.92 Å². The van der Waals surface area contributed by atoms with Gasteiger partial charge in [0.05, 0.1) is 6.10 Å². The Labute approximate surface area is 129 Å². The molecule has 1 aromatic carbocycles. The number of aryl methyl sites for hydroxylation is 1. The Morgan fingerprint density at radius 2 is 2.05 bits per heavy atom. The molecule has 6 atom stereocenters. The summed E-state index contributed by atoms with van der Waals surface area (Å²) in [5.41, 5.74) is 1.68. The largest absolute Gasteiger partial charge is 0.505 e. The molecule has 4 heteroatoms. The SMILES string of the molecule is C[C@]12CC[C@@H]3c4cc(F)c(O)cc4CC[C@H]3[C@@H]1C[C@@H]([18F])[C@@H]2O. The molecule has 120 valence electrons. The van der Waals surface area contributed by atoms with Crippen LogP contribution >= 0.6 is 0 Å². The van der Waals surface area contributed by atoms with Crippen LogP contribution in [0.25, 0.3) is 0 Å². The lowest BCUT2D eigenvalue weighted by molar-refractivity contribution is -0.0365. The number of aliphatic hydroxyl groups is 1. The molecule has 2 saturated carbocycles. The van der Waals surface area contributed by atoms with E-state index in [0.29, 0.717) is 12.3 Å². The molecule has 22 heavy (non-hydrogen) atoms. The van der Waals surface area contributed by atoms with Gasteiger partial charge in [-0.05, 0) is 78.5 Å². The lowest BCUT2D eigenvalue weighted by Crippen LogP contribution is -2.44. The van der Waals surface area contributed by atoms with Gasteiger partial charge >= 0.3 is 0 Å². The monoisotopic (exact) mass is 307 g/mol. The zero-order chi connectivity index (χ0) is 15.6. The summed E-state index contributed by atoms with van der Waals surface area (Å²) in [6.45, 7) is 2.02. The number of hydrogen-bond acceptors (Lipinski definition) is 2. The van der Waals surface area contributed by atoms with Crippen molar-refractivity contribution in [2.24, 2.45) is 17.3 Å². The zero-order valence-electron chi connectivity index (χ0n) is 12.7. The molecule has 2 N–H and O–H groups in total. The molecule has 0 aliphatic heterocycles. The number of hydrogen-bond donors (Lipinski definition) is 2. The van der Waals surface area contributed by atoms with Crippen LogP contribution in [-0.4, -0.2) is 22.5 Å². The molecule has 3 aliphatic rings. The van der Waals surface area contributed by atoms with Crippen molar-refractivity contribution in [1.82, 2.24) is 0 Å². The Morgan fingerprint density at radius 3 is 2.82 bits per heavy atom. The molecule has 0 amide bonds. The summed E-state index contributed by atoms with van der Waals surface area (Å²) in [5.74, 6) is -0.137. The highest BCUT2D eigenvalue weighted by Gasteiger charge is 2.58. The molecule has 4 rings (SSSR count). The first-order valence-electron chi connectivity index (χ1n) is 8.25. The maximum Gasteiger partial charge on any atom is 0.165 e. The number of alkyl halides is 1. The van der Waals surface area contributed by atoms with Gasteiger partial charge in [-0.1, -0.05) is 6.92 Å². The van der Waals surface area contributed by atoms with E-state index in [4.69, 9.17) is 0 Å². The van der Waals surface area contributed by atoms with Crippen LogP contribution in [-0.2, 0) is 6.42 Å². The Kier molecular flexibility index (Phi) is 3.06. The minimum absolute atomic E-state index is 0.168.